The molecule has 0 atom stereocenters. The van der Waals surface area contributed by atoms with Crippen LogP contribution in [0.25, 0.3) is 0 Å². The lowest BCUT2D eigenvalue weighted by molar-refractivity contribution is 0.800. The van der Waals surface area contributed by atoms with Gasteiger partial charge >= 0.3 is 0 Å². The molecule has 0 aliphatic rings. The van der Waals surface area contributed by atoms with Gasteiger partial charge in [-0.1, -0.05) is 37.6 Å². The second-order valence-corrected chi connectivity index (χ2v) is 6.04. The van der Waals surface area contributed by atoms with Gasteiger partial charge in [-0.05, 0) is 18.1 Å². The Morgan fingerprint density at radius 1 is 1.30 bits per heavy atom. The van der Waals surface area contributed by atoms with E-state index < -0.39 is 0 Å². The minimum Gasteiger partial charge on any atom is -0.308 e. The van der Waals surface area contributed by atoms with E-state index in [-0.39, 0.29) is 0 Å². The Morgan fingerprint density at radius 3 is 2.70 bits per heavy atom. The van der Waals surface area contributed by atoms with Crippen molar-refractivity contribution in [2.24, 2.45) is 5.84 Å². The van der Waals surface area contributed by atoms with Crippen LogP contribution in [0.3, 0.4) is 0 Å². The number of halogens is 1. The van der Waals surface area contributed by atoms with Crippen molar-refractivity contribution in [2.45, 2.75) is 30.4 Å². The number of nitrogens with one attached hydrogen (secondary N) is 1. The molecule has 0 aliphatic heterocycles. The highest BCUT2D eigenvalue weighted by atomic mass is 35.5. The number of aromatic nitrogens is 2. The molecule has 0 radical (unpaired) electrons. The summed E-state index contributed by atoms with van der Waals surface area (Å²) in [6, 6.07) is 9.61. The van der Waals surface area contributed by atoms with Crippen molar-refractivity contribution in [1.82, 2.24) is 9.97 Å². The van der Waals surface area contributed by atoms with Gasteiger partial charge in [-0.2, -0.15) is 0 Å². The summed E-state index contributed by atoms with van der Waals surface area (Å²) in [5.74, 6) is 7.81. The van der Waals surface area contributed by atoms with E-state index in [1.165, 1.54) is 0 Å². The zero-order valence-electron chi connectivity index (χ0n) is 11.4. The summed E-state index contributed by atoms with van der Waals surface area (Å²) in [4.78, 5) is 9.95. The molecule has 0 saturated carbocycles. The lowest BCUT2D eigenvalue weighted by atomic mass is 10.1. The van der Waals surface area contributed by atoms with Crippen LogP contribution in [-0.2, 0) is 5.75 Å². The SMILES string of the molecule is CC(C)c1cc(NN)nc(CSc2ccccc2Cl)n1. The van der Waals surface area contributed by atoms with E-state index >= 15 is 0 Å². The fourth-order valence-electron chi connectivity index (χ4n) is 1.66. The standard InChI is InChI=1S/C14H17ClN4S/c1-9(2)11-7-13(19-16)18-14(17-11)8-20-12-6-4-3-5-10(12)15/h3-7,9H,8,16H2,1-2H3,(H,17,18,19). The number of thioether (sulfide) groups is 1. The van der Waals surface area contributed by atoms with Crippen LogP contribution in [0.2, 0.25) is 5.02 Å². The number of benzene rings is 1. The third-order valence-corrected chi connectivity index (χ3v) is 4.24. The van der Waals surface area contributed by atoms with Crippen LogP contribution < -0.4 is 11.3 Å². The van der Waals surface area contributed by atoms with Gasteiger partial charge in [0.05, 0.1) is 10.8 Å². The Balaban J connectivity index is 2.17. The summed E-state index contributed by atoms with van der Waals surface area (Å²) in [6.45, 7) is 4.18. The van der Waals surface area contributed by atoms with Crippen LogP contribution >= 0.6 is 23.4 Å². The van der Waals surface area contributed by atoms with Gasteiger partial charge in [-0.3, -0.25) is 0 Å². The second-order valence-electron chi connectivity index (χ2n) is 4.61. The van der Waals surface area contributed by atoms with E-state index in [9.17, 15) is 0 Å². The zero-order chi connectivity index (χ0) is 14.5. The van der Waals surface area contributed by atoms with Crippen LogP contribution in [0.5, 0.6) is 0 Å². The van der Waals surface area contributed by atoms with Gasteiger partial charge in [0.1, 0.15) is 11.6 Å². The minimum absolute atomic E-state index is 0.328. The molecule has 1 aromatic carbocycles. The number of hydrazine groups is 1. The molecule has 4 nitrogen and oxygen atoms in total. The average Bonchev–Trinajstić information content (AvgIpc) is 2.46. The van der Waals surface area contributed by atoms with Crippen LogP contribution in [0.1, 0.15) is 31.3 Å². The Hall–Kier alpha value is -1.30. The summed E-state index contributed by atoms with van der Waals surface area (Å²) in [5.41, 5.74) is 3.56. The lowest BCUT2D eigenvalue weighted by Gasteiger charge is -2.10. The monoisotopic (exact) mass is 308 g/mol. The molecule has 0 saturated heterocycles. The van der Waals surface area contributed by atoms with Gasteiger partial charge in [0, 0.05) is 16.7 Å². The van der Waals surface area contributed by atoms with Crippen molar-refractivity contribution < 1.29 is 0 Å². The van der Waals surface area contributed by atoms with E-state index in [2.05, 4.69) is 29.2 Å². The Bertz CT molecular complexity index is 589. The van der Waals surface area contributed by atoms with Gasteiger partial charge in [0.25, 0.3) is 0 Å². The number of hydrogen-bond donors (Lipinski definition) is 2. The Labute approximate surface area is 128 Å². The van der Waals surface area contributed by atoms with Crippen molar-refractivity contribution >= 4 is 29.2 Å². The van der Waals surface area contributed by atoms with Crippen molar-refractivity contribution in [2.75, 3.05) is 5.43 Å². The van der Waals surface area contributed by atoms with Crippen LogP contribution in [-0.4, -0.2) is 9.97 Å². The lowest BCUT2D eigenvalue weighted by Crippen LogP contribution is -2.11. The number of rotatable bonds is 5. The average molecular weight is 309 g/mol. The molecule has 0 fully saturated rings. The van der Waals surface area contributed by atoms with Crippen LogP contribution in [0, 0.1) is 0 Å². The molecule has 20 heavy (non-hydrogen) atoms. The second kappa shape index (κ2) is 6.92. The normalized spacial score (nSPS) is 10.8. The van der Waals surface area contributed by atoms with E-state index in [0.717, 1.165) is 21.4 Å². The molecule has 106 valence electrons. The third kappa shape index (κ3) is 3.85. The molecule has 0 spiro atoms. The Kier molecular flexibility index (Phi) is 5.23. The van der Waals surface area contributed by atoms with E-state index in [0.29, 0.717) is 17.5 Å². The predicted molar refractivity (Wildman–Crippen MR) is 84.9 cm³/mol. The molecule has 0 bridgehead atoms. The van der Waals surface area contributed by atoms with Gasteiger partial charge in [0.15, 0.2) is 0 Å². The quantitative estimate of drug-likeness (QED) is 0.499. The summed E-state index contributed by atoms with van der Waals surface area (Å²) in [6.07, 6.45) is 0. The first-order valence-corrected chi connectivity index (χ1v) is 7.68. The first-order valence-electron chi connectivity index (χ1n) is 6.32. The maximum Gasteiger partial charge on any atom is 0.143 e. The molecule has 2 aromatic rings. The van der Waals surface area contributed by atoms with Crippen molar-refractivity contribution in [3.8, 4) is 0 Å². The zero-order valence-corrected chi connectivity index (χ0v) is 13.0. The molecule has 0 unspecified atom stereocenters. The first-order chi connectivity index (χ1) is 9.60. The fourth-order valence-corrected chi connectivity index (χ4v) is 2.75. The molecule has 0 aliphatic carbocycles. The number of nitrogens with two attached hydrogens (primary N) is 1. The van der Waals surface area contributed by atoms with E-state index in [4.69, 9.17) is 17.4 Å². The molecule has 3 N–H and O–H groups in total. The van der Waals surface area contributed by atoms with E-state index in [1.807, 2.05) is 30.3 Å². The number of nitrogen functional groups attached to an aromatic ring is 1. The number of anilines is 1. The fraction of sp³-hybridized carbons (Fsp3) is 0.286. The maximum atomic E-state index is 6.14. The Morgan fingerprint density at radius 2 is 2.05 bits per heavy atom. The van der Waals surface area contributed by atoms with E-state index in [1.54, 1.807) is 11.8 Å². The molecule has 1 aromatic heterocycles. The smallest absolute Gasteiger partial charge is 0.143 e. The highest BCUT2D eigenvalue weighted by Gasteiger charge is 2.08. The van der Waals surface area contributed by atoms with Gasteiger partial charge in [-0.15, -0.1) is 11.8 Å². The van der Waals surface area contributed by atoms with Crippen LogP contribution in [0.15, 0.2) is 35.2 Å². The number of nitrogens with zero attached hydrogens (tertiary/aromatic N) is 2. The third-order valence-electron chi connectivity index (χ3n) is 2.73. The molecule has 6 heteroatoms. The highest BCUT2D eigenvalue weighted by Crippen LogP contribution is 2.29. The minimum atomic E-state index is 0.328. The first kappa shape index (κ1) is 15.1. The molecular formula is C14H17ClN4S. The van der Waals surface area contributed by atoms with Crippen LogP contribution in [0.4, 0.5) is 5.82 Å². The summed E-state index contributed by atoms with van der Waals surface area (Å²) in [7, 11) is 0. The van der Waals surface area contributed by atoms with Crippen molar-refractivity contribution in [3.63, 3.8) is 0 Å². The van der Waals surface area contributed by atoms with Gasteiger partial charge in [0.2, 0.25) is 0 Å². The highest BCUT2D eigenvalue weighted by molar-refractivity contribution is 7.98. The largest absolute Gasteiger partial charge is 0.308 e. The topological polar surface area (TPSA) is 63.8 Å². The summed E-state index contributed by atoms with van der Waals surface area (Å²) >= 11 is 7.75. The molecular weight excluding hydrogens is 292 g/mol. The molecule has 1 heterocycles. The summed E-state index contributed by atoms with van der Waals surface area (Å²) < 4.78 is 0. The summed E-state index contributed by atoms with van der Waals surface area (Å²) in [5, 5.41) is 0.745. The molecule has 2 rings (SSSR count). The maximum absolute atomic E-state index is 6.14. The van der Waals surface area contributed by atoms with Gasteiger partial charge < -0.3 is 5.43 Å². The van der Waals surface area contributed by atoms with Crippen molar-refractivity contribution in [3.05, 3.63) is 46.9 Å². The van der Waals surface area contributed by atoms with Crippen molar-refractivity contribution in [1.29, 1.82) is 0 Å². The van der Waals surface area contributed by atoms with Gasteiger partial charge in [-0.25, -0.2) is 15.8 Å². The number of hydrogen-bond acceptors (Lipinski definition) is 5. The molecule has 0 amide bonds. The predicted octanol–water partition coefficient (Wildman–Crippen LogP) is 3.83.